The first kappa shape index (κ1) is 21.5. The van der Waals surface area contributed by atoms with Crippen molar-refractivity contribution in [2.75, 3.05) is 0 Å². The molecule has 0 saturated heterocycles. The van der Waals surface area contributed by atoms with Gasteiger partial charge in [0.15, 0.2) is 0 Å². The summed E-state index contributed by atoms with van der Waals surface area (Å²) in [5.74, 6) is -1.54. The zero-order chi connectivity index (χ0) is 20.9. The van der Waals surface area contributed by atoms with E-state index in [1.54, 1.807) is 37.3 Å². The van der Waals surface area contributed by atoms with Crippen molar-refractivity contribution in [3.8, 4) is 0 Å². The summed E-state index contributed by atoms with van der Waals surface area (Å²) in [6.45, 7) is 7.30. The first-order valence-electron chi connectivity index (χ1n) is 9.16. The number of nitrogens with zero attached hydrogens (tertiary/aromatic N) is 1. The normalized spacial score (nSPS) is 12.4. The summed E-state index contributed by atoms with van der Waals surface area (Å²) >= 11 is 0. The van der Waals surface area contributed by atoms with Crippen LogP contribution in [0.3, 0.4) is 0 Å². The van der Waals surface area contributed by atoms with Crippen LogP contribution in [0.1, 0.15) is 38.8 Å². The van der Waals surface area contributed by atoms with E-state index in [4.69, 9.17) is 0 Å². The SMILES string of the molecule is C[C@@H](C(=O)NC(C)(C)C)N(Cc1ccc(F)cc1)C(=O)Cc1ccccc1F. The number of carbonyl (C=O) groups excluding carboxylic acids is 2. The summed E-state index contributed by atoms with van der Waals surface area (Å²) < 4.78 is 27.2. The Balaban J connectivity index is 2.26. The van der Waals surface area contributed by atoms with E-state index in [9.17, 15) is 18.4 Å². The highest BCUT2D eigenvalue weighted by Gasteiger charge is 2.28. The molecule has 0 fully saturated rings. The van der Waals surface area contributed by atoms with Gasteiger partial charge in [-0.25, -0.2) is 8.78 Å². The number of nitrogens with one attached hydrogen (secondary N) is 1. The third kappa shape index (κ3) is 6.15. The molecule has 0 spiro atoms. The summed E-state index contributed by atoms with van der Waals surface area (Å²) in [7, 11) is 0. The van der Waals surface area contributed by atoms with Crippen LogP contribution < -0.4 is 5.32 Å². The molecule has 2 aromatic rings. The molecule has 2 rings (SSSR count). The summed E-state index contributed by atoms with van der Waals surface area (Å²) in [6.07, 6.45) is -0.166. The van der Waals surface area contributed by atoms with Crippen LogP contribution in [0.4, 0.5) is 8.78 Å². The van der Waals surface area contributed by atoms with Gasteiger partial charge in [-0.15, -0.1) is 0 Å². The monoisotopic (exact) mass is 388 g/mol. The Hall–Kier alpha value is -2.76. The second-order valence-corrected chi connectivity index (χ2v) is 7.83. The van der Waals surface area contributed by atoms with Crippen LogP contribution in [-0.2, 0) is 22.6 Å². The summed E-state index contributed by atoms with van der Waals surface area (Å²) in [4.78, 5) is 27.0. The Morgan fingerprint density at radius 3 is 2.21 bits per heavy atom. The fourth-order valence-corrected chi connectivity index (χ4v) is 2.75. The van der Waals surface area contributed by atoms with Crippen LogP contribution in [0.15, 0.2) is 48.5 Å². The fourth-order valence-electron chi connectivity index (χ4n) is 2.75. The van der Waals surface area contributed by atoms with Crippen LogP contribution in [0.5, 0.6) is 0 Å². The molecular weight excluding hydrogens is 362 g/mol. The molecule has 1 N–H and O–H groups in total. The number of benzene rings is 2. The van der Waals surface area contributed by atoms with Crippen LogP contribution in [0.25, 0.3) is 0 Å². The van der Waals surface area contributed by atoms with Gasteiger partial charge in [-0.2, -0.15) is 0 Å². The standard InChI is InChI=1S/C22H26F2N2O2/c1-15(21(28)25-22(2,3)4)26(14-16-9-11-18(23)12-10-16)20(27)13-17-7-5-6-8-19(17)24/h5-12,15H,13-14H2,1-4H3,(H,25,28)/t15-/m0/s1. The van der Waals surface area contributed by atoms with E-state index in [1.807, 2.05) is 20.8 Å². The van der Waals surface area contributed by atoms with E-state index in [0.29, 0.717) is 5.56 Å². The highest BCUT2D eigenvalue weighted by Crippen LogP contribution is 2.15. The predicted molar refractivity (Wildman–Crippen MR) is 104 cm³/mol. The van der Waals surface area contributed by atoms with Crippen molar-refractivity contribution in [1.29, 1.82) is 0 Å². The summed E-state index contributed by atoms with van der Waals surface area (Å²) in [6, 6.07) is 11.0. The maximum atomic E-state index is 14.0. The van der Waals surface area contributed by atoms with E-state index >= 15 is 0 Å². The lowest BCUT2D eigenvalue weighted by Gasteiger charge is -2.31. The van der Waals surface area contributed by atoms with E-state index in [0.717, 1.165) is 0 Å². The topological polar surface area (TPSA) is 49.4 Å². The molecule has 0 saturated carbocycles. The molecule has 2 aromatic carbocycles. The molecule has 1 atom stereocenters. The third-order valence-corrected chi connectivity index (χ3v) is 4.23. The third-order valence-electron chi connectivity index (χ3n) is 4.23. The molecule has 0 aliphatic heterocycles. The van der Waals surface area contributed by atoms with Gasteiger partial charge in [0, 0.05) is 12.1 Å². The largest absolute Gasteiger partial charge is 0.350 e. The number of hydrogen-bond donors (Lipinski definition) is 1. The minimum Gasteiger partial charge on any atom is -0.350 e. The number of carbonyl (C=O) groups is 2. The molecule has 6 heteroatoms. The molecule has 28 heavy (non-hydrogen) atoms. The molecule has 0 aromatic heterocycles. The van der Waals surface area contributed by atoms with Crippen molar-refractivity contribution in [3.05, 3.63) is 71.3 Å². The average molecular weight is 388 g/mol. The molecular formula is C22H26F2N2O2. The van der Waals surface area contributed by atoms with E-state index in [1.165, 1.54) is 23.1 Å². The highest BCUT2D eigenvalue weighted by atomic mass is 19.1. The van der Waals surface area contributed by atoms with Crippen molar-refractivity contribution in [2.45, 2.75) is 52.2 Å². The second kappa shape index (κ2) is 8.95. The smallest absolute Gasteiger partial charge is 0.242 e. The first-order chi connectivity index (χ1) is 13.1. The van der Waals surface area contributed by atoms with E-state index in [2.05, 4.69) is 5.32 Å². The molecule has 0 bridgehead atoms. The van der Waals surface area contributed by atoms with Gasteiger partial charge in [0.2, 0.25) is 11.8 Å². The van der Waals surface area contributed by atoms with Crippen molar-refractivity contribution in [1.82, 2.24) is 10.2 Å². The Bertz CT molecular complexity index is 829. The van der Waals surface area contributed by atoms with Crippen molar-refractivity contribution in [3.63, 3.8) is 0 Å². The Kier molecular flexibility index (Phi) is 6.89. The Morgan fingerprint density at radius 2 is 1.64 bits per heavy atom. The number of hydrogen-bond acceptors (Lipinski definition) is 2. The predicted octanol–water partition coefficient (Wildman–Crippen LogP) is 3.84. The Morgan fingerprint density at radius 1 is 1.04 bits per heavy atom. The maximum absolute atomic E-state index is 14.0. The minimum atomic E-state index is -0.774. The Labute approximate surface area is 164 Å². The lowest BCUT2D eigenvalue weighted by Crippen LogP contribution is -2.52. The number of halogens is 2. The molecule has 2 amide bonds. The van der Waals surface area contributed by atoms with Gasteiger partial charge in [0.1, 0.15) is 17.7 Å². The van der Waals surface area contributed by atoms with Gasteiger partial charge < -0.3 is 10.2 Å². The highest BCUT2D eigenvalue weighted by molar-refractivity contribution is 5.88. The molecule has 0 heterocycles. The van der Waals surface area contributed by atoms with Crippen molar-refractivity contribution >= 4 is 11.8 Å². The van der Waals surface area contributed by atoms with E-state index < -0.39 is 17.4 Å². The quantitative estimate of drug-likeness (QED) is 0.817. The maximum Gasteiger partial charge on any atom is 0.242 e. The molecule has 0 aliphatic carbocycles. The van der Waals surface area contributed by atoms with Gasteiger partial charge in [0.25, 0.3) is 0 Å². The minimum absolute atomic E-state index is 0.117. The zero-order valence-corrected chi connectivity index (χ0v) is 16.6. The lowest BCUT2D eigenvalue weighted by molar-refractivity contribution is -0.140. The van der Waals surface area contributed by atoms with Gasteiger partial charge in [-0.05, 0) is 57.0 Å². The first-order valence-corrected chi connectivity index (χ1v) is 9.16. The number of rotatable bonds is 6. The van der Waals surface area contributed by atoms with Gasteiger partial charge >= 0.3 is 0 Å². The number of amides is 2. The molecule has 4 nitrogen and oxygen atoms in total. The van der Waals surface area contributed by atoms with Crippen molar-refractivity contribution in [2.24, 2.45) is 0 Å². The van der Waals surface area contributed by atoms with Crippen LogP contribution >= 0.6 is 0 Å². The van der Waals surface area contributed by atoms with Gasteiger partial charge in [0.05, 0.1) is 6.42 Å². The van der Waals surface area contributed by atoms with Crippen LogP contribution in [0.2, 0.25) is 0 Å². The molecule has 0 unspecified atom stereocenters. The fraction of sp³-hybridized carbons (Fsp3) is 0.364. The summed E-state index contributed by atoms with van der Waals surface area (Å²) in [5, 5.41) is 2.86. The average Bonchev–Trinajstić information content (AvgIpc) is 2.61. The van der Waals surface area contributed by atoms with Crippen molar-refractivity contribution < 1.29 is 18.4 Å². The van der Waals surface area contributed by atoms with Crippen LogP contribution in [0, 0.1) is 11.6 Å². The molecule has 150 valence electrons. The lowest BCUT2D eigenvalue weighted by atomic mass is 10.1. The zero-order valence-electron chi connectivity index (χ0n) is 16.6. The van der Waals surface area contributed by atoms with Crippen LogP contribution in [-0.4, -0.2) is 28.3 Å². The second-order valence-electron chi connectivity index (χ2n) is 7.83. The summed E-state index contributed by atoms with van der Waals surface area (Å²) in [5.41, 5.74) is 0.486. The van der Waals surface area contributed by atoms with E-state index in [-0.39, 0.29) is 36.2 Å². The molecule has 0 radical (unpaired) electrons. The van der Waals surface area contributed by atoms with Gasteiger partial charge in [-0.1, -0.05) is 30.3 Å². The van der Waals surface area contributed by atoms with Gasteiger partial charge in [-0.3, -0.25) is 9.59 Å². The molecule has 0 aliphatic rings.